The molecule has 0 bridgehead atoms. The number of thioether (sulfide) groups is 2. The van der Waals surface area contributed by atoms with E-state index in [1.54, 1.807) is 6.07 Å². The van der Waals surface area contributed by atoms with Gasteiger partial charge in [-0.05, 0) is 53.3 Å². The van der Waals surface area contributed by atoms with Crippen molar-refractivity contribution in [3.8, 4) is 5.75 Å². The summed E-state index contributed by atoms with van der Waals surface area (Å²) in [6.45, 7) is -0.248. The summed E-state index contributed by atoms with van der Waals surface area (Å²) in [4.78, 5) is 25.6. The molecular weight excluding hydrogens is 411 g/mol. The van der Waals surface area contributed by atoms with Gasteiger partial charge in [0.15, 0.2) is 6.61 Å². The Hall–Kier alpha value is -2.19. The van der Waals surface area contributed by atoms with E-state index in [1.807, 2.05) is 47.8 Å². The second-order valence-corrected chi connectivity index (χ2v) is 9.37. The highest BCUT2D eigenvalue weighted by Gasteiger charge is 2.27. The van der Waals surface area contributed by atoms with Crippen molar-refractivity contribution in [2.75, 3.05) is 25.2 Å². The predicted molar refractivity (Wildman–Crippen MR) is 115 cm³/mol. The zero-order chi connectivity index (χ0) is 20.8. The third kappa shape index (κ3) is 5.67. The molecule has 29 heavy (non-hydrogen) atoms. The van der Waals surface area contributed by atoms with Gasteiger partial charge in [-0.3, -0.25) is 9.59 Å². The molecule has 154 valence electrons. The largest absolute Gasteiger partial charge is 0.484 e. The number of nitrogens with two attached hydrogens (primary N) is 1. The smallest absolute Gasteiger partial charge is 0.261 e. The molecule has 1 atom stereocenters. The van der Waals surface area contributed by atoms with E-state index in [9.17, 15) is 14.0 Å². The number of nitrogens with zero attached hydrogens (tertiary/aromatic N) is 1. The first-order valence-corrected chi connectivity index (χ1v) is 11.3. The quantitative estimate of drug-likeness (QED) is 0.718. The molecule has 2 aromatic carbocycles. The molecule has 0 aliphatic carbocycles. The van der Waals surface area contributed by atoms with Gasteiger partial charge in [0.2, 0.25) is 5.91 Å². The maximum atomic E-state index is 13.5. The van der Waals surface area contributed by atoms with Crippen LogP contribution in [0.4, 0.5) is 4.39 Å². The van der Waals surface area contributed by atoms with E-state index in [0.29, 0.717) is 15.9 Å². The number of halogens is 1. The SMILES string of the molecule is CN(C(=O)COc1ccc(C2SCCCS2)cc1)C(C(N)=O)c1cccc(F)c1. The fourth-order valence-corrected chi connectivity index (χ4v) is 5.94. The molecule has 1 aliphatic heterocycles. The molecule has 8 heteroatoms. The Morgan fingerprint density at radius 2 is 1.90 bits per heavy atom. The van der Waals surface area contributed by atoms with Crippen molar-refractivity contribution in [1.82, 2.24) is 4.90 Å². The number of hydrogen-bond acceptors (Lipinski definition) is 5. The van der Waals surface area contributed by atoms with Crippen LogP contribution in [0.15, 0.2) is 48.5 Å². The predicted octanol–water partition coefficient (Wildman–Crippen LogP) is 3.76. The van der Waals surface area contributed by atoms with Gasteiger partial charge in [0.25, 0.3) is 5.91 Å². The van der Waals surface area contributed by atoms with Crippen LogP contribution >= 0.6 is 23.5 Å². The molecule has 0 spiro atoms. The summed E-state index contributed by atoms with van der Waals surface area (Å²) in [5.74, 6) is 1.24. The molecule has 1 heterocycles. The molecule has 1 aliphatic rings. The Bertz CT molecular complexity index is 857. The lowest BCUT2D eigenvalue weighted by Crippen LogP contribution is -2.41. The second-order valence-electron chi connectivity index (χ2n) is 6.65. The van der Waals surface area contributed by atoms with Crippen LogP contribution in [-0.4, -0.2) is 41.9 Å². The van der Waals surface area contributed by atoms with Crippen molar-refractivity contribution in [1.29, 1.82) is 0 Å². The minimum absolute atomic E-state index is 0.248. The fourth-order valence-electron chi connectivity index (χ4n) is 3.05. The van der Waals surface area contributed by atoms with Gasteiger partial charge in [-0.25, -0.2) is 4.39 Å². The maximum Gasteiger partial charge on any atom is 0.261 e. The molecule has 1 saturated heterocycles. The number of primary amides is 1. The third-order valence-corrected chi connectivity index (χ3v) is 7.57. The van der Waals surface area contributed by atoms with Crippen LogP contribution in [0.2, 0.25) is 0 Å². The van der Waals surface area contributed by atoms with Crippen molar-refractivity contribution < 1.29 is 18.7 Å². The molecule has 2 amide bonds. The molecule has 0 aromatic heterocycles. The maximum absolute atomic E-state index is 13.5. The highest BCUT2D eigenvalue weighted by atomic mass is 32.2. The van der Waals surface area contributed by atoms with Gasteiger partial charge >= 0.3 is 0 Å². The lowest BCUT2D eigenvalue weighted by molar-refractivity contribution is -0.139. The van der Waals surface area contributed by atoms with Crippen LogP contribution < -0.4 is 10.5 Å². The summed E-state index contributed by atoms with van der Waals surface area (Å²) < 4.78 is 19.5. The summed E-state index contributed by atoms with van der Waals surface area (Å²) in [7, 11) is 1.45. The van der Waals surface area contributed by atoms with Crippen molar-refractivity contribution >= 4 is 35.3 Å². The number of carbonyl (C=O) groups is 2. The number of carbonyl (C=O) groups excluding carboxylic acids is 2. The molecule has 3 rings (SSSR count). The summed E-state index contributed by atoms with van der Waals surface area (Å²) in [5, 5.41) is 0. The van der Waals surface area contributed by atoms with Crippen LogP contribution in [0, 0.1) is 5.82 Å². The Morgan fingerprint density at radius 1 is 1.21 bits per heavy atom. The number of hydrogen-bond donors (Lipinski definition) is 1. The van der Waals surface area contributed by atoms with Crippen molar-refractivity contribution in [3.05, 3.63) is 65.5 Å². The van der Waals surface area contributed by atoms with Crippen LogP contribution in [0.1, 0.15) is 28.2 Å². The van der Waals surface area contributed by atoms with Crippen LogP contribution in [0.5, 0.6) is 5.75 Å². The van der Waals surface area contributed by atoms with Crippen molar-refractivity contribution in [3.63, 3.8) is 0 Å². The zero-order valence-corrected chi connectivity index (χ0v) is 17.7. The highest BCUT2D eigenvalue weighted by Crippen LogP contribution is 2.43. The Kier molecular flexibility index (Phi) is 7.44. The van der Waals surface area contributed by atoms with Gasteiger partial charge in [-0.15, -0.1) is 23.5 Å². The minimum atomic E-state index is -1.07. The second kappa shape index (κ2) is 10.0. The van der Waals surface area contributed by atoms with E-state index in [0.717, 1.165) is 0 Å². The van der Waals surface area contributed by atoms with Crippen LogP contribution in [0.25, 0.3) is 0 Å². The van der Waals surface area contributed by atoms with Crippen LogP contribution in [0.3, 0.4) is 0 Å². The normalized spacial score (nSPS) is 15.5. The van der Waals surface area contributed by atoms with Crippen molar-refractivity contribution in [2.24, 2.45) is 5.73 Å². The molecule has 0 saturated carbocycles. The number of benzene rings is 2. The minimum Gasteiger partial charge on any atom is -0.484 e. The van der Waals surface area contributed by atoms with Gasteiger partial charge in [0.05, 0.1) is 4.58 Å². The molecule has 2 aromatic rings. The number of likely N-dealkylation sites (N-methyl/N-ethyl adjacent to an activating group) is 1. The van der Waals surface area contributed by atoms with E-state index in [1.165, 1.54) is 53.6 Å². The average Bonchev–Trinajstić information content (AvgIpc) is 2.73. The van der Waals surface area contributed by atoms with E-state index in [2.05, 4.69) is 0 Å². The highest BCUT2D eigenvalue weighted by molar-refractivity contribution is 8.16. The number of ether oxygens (including phenoxy) is 1. The van der Waals surface area contributed by atoms with Crippen molar-refractivity contribution in [2.45, 2.75) is 17.0 Å². The summed E-state index contributed by atoms with van der Waals surface area (Å²) in [5.41, 5.74) is 7.00. The Labute approximate surface area is 178 Å². The standard InChI is InChI=1S/C21H23FN2O3S2/c1-24(19(20(23)26)15-4-2-5-16(22)12-15)18(25)13-27-17-8-6-14(7-9-17)21-28-10-3-11-29-21/h2,4-9,12,19,21H,3,10-11,13H2,1H3,(H2,23,26). The monoisotopic (exact) mass is 434 g/mol. The molecule has 1 unspecified atom stereocenters. The van der Waals surface area contributed by atoms with E-state index in [4.69, 9.17) is 10.5 Å². The van der Waals surface area contributed by atoms with Gasteiger partial charge in [-0.1, -0.05) is 24.3 Å². The summed E-state index contributed by atoms with van der Waals surface area (Å²) in [6, 6.07) is 12.1. The Balaban J connectivity index is 1.60. The van der Waals surface area contributed by atoms with Gasteiger partial charge in [0.1, 0.15) is 17.6 Å². The molecular formula is C21H23FN2O3S2. The van der Waals surface area contributed by atoms with Gasteiger partial charge < -0.3 is 15.4 Å². The van der Waals surface area contributed by atoms with E-state index >= 15 is 0 Å². The van der Waals surface area contributed by atoms with Gasteiger partial charge in [0, 0.05) is 7.05 Å². The van der Waals surface area contributed by atoms with E-state index < -0.39 is 23.7 Å². The summed E-state index contributed by atoms with van der Waals surface area (Å²) in [6.07, 6.45) is 1.24. The zero-order valence-electron chi connectivity index (χ0n) is 16.0. The average molecular weight is 435 g/mol. The molecule has 5 nitrogen and oxygen atoms in total. The van der Waals surface area contributed by atoms with Gasteiger partial charge in [-0.2, -0.15) is 0 Å². The molecule has 1 fully saturated rings. The third-order valence-electron chi connectivity index (χ3n) is 4.56. The first-order chi connectivity index (χ1) is 14.0. The lowest BCUT2D eigenvalue weighted by atomic mass is 10.0. The first kappa shape index (κ1) is 21.5. The molecule has 2 N–H and O–H groups in total. The number of rotatable bonds is 7. The first-order valence-electron chi connectivity index (χ1n) is 9.22. The number of amides is 2. The molecule has 0 radical (unpaired) electrons. The summed E-state index contributed by atoms with van der Waals surface area (Å²) >= 11 is 3.88. The van der Waals surface area contributed by atoms with E-state index in [-0.39, 0.29) is 6.61 Å². The fraction of sp³-hybridized carbons (Fsp3) is 0.333. The topological polar surface area (TPSA) is 72.6 Å². The Morgan fingerprint density at radius 3 is 2.52 bits per heavy atom. The lowest BCUT2D eigenvalue weighted by Gasteiger charge is -2.26. The van der Waals surface area contributed by atoms with Crippen LogP contribution in [-0.2, 0) is 9.59 Å².